The highest BCUT2D eigenvalue weighted by atomic mass is 79.9. The van der Waals surface area contributed by atoms with E-state index in [-0.39, 0.29) is 0 Å². The molecular formula is C9H14BrN3O. The zero-order chi connectivity index (χ0) is 10.6. The molecule has 0 bridgehead atoms. The van der Waals surface area contributed by atoms with E-state index in [2.05, 4.69) is 21.4 Å². The lowest BCUT2D eigenvalue weighted by atomic mass is 10.3. The predicted octanol–water partition coefficient (Wildman–Crippen LogP) is 1.31. The molecule has 0 fully saturated rings. The van der Waals surface area contributed by atoms with E-state index in [1.807, 2.05) is 30.1 Å². The largest absolute Gasteiger partial charge is 0.495 e. The summed E-state index contributed by atoms with van der Waals surface area (Å²) in [5, 5.41) is 0. The first-order valence-electron chi connectivity index (χ1n) is 4.17. The minimum absolute atomic E-state index is 0.562. The van der Waals surface area contributed by atoms with Crippen molar-refractivity contribution in [3.63, 3.8) is 0 Å². The number of hydrogen-bond acceptors (Lipinski definition) is 4. The molecule has 0 aliphatic carbocycles. The smallest absolute Gasteiger partial charge is 0.142 e. The van der Waals surface area contributed by atoms with Crippen molar-refractivity contribution >= 4 is 21.6 Å². The summed E-state index contributed by atoms with van der Waals surface area (Å²) in [4.78, 5) is 1.96. The van der Waals surface area contributed by atoms with Gasteiger partial charge < -0.3 is 9.64 Å². The van der Waals surface area contributed by atoms with Gasteiger partial charge in [-0.25, -0.2) is 5.43 Å². The summed E-state index contributed by atoms with van der Waals surface area (Å²) in [5.74, 6) is 6.08. The van der Waals surface area contributed by atoms with Crippen LogP contribution in [0, 0.1) is 0 Å². The maximum absolute atomic E-state index is 5.25. The molecule has 0 unspecified atom stereocenters. The number of nitrogens with zero attached hydrogens (tertiary/aromatic N) is 1. The molecule has 3 N–H and O–H groups in total. The zero-order valence-corrected chi connectivity index (χ0v) is 9.84. The number of hydrogen-bond donors (Lipinski definition) is 2. The lowest BCUT2D eigenvalue weighted by Gasteiger charge is -2.21. The summed E-state index contributed by atoms with van der Waals surface area (Å²) in [7, 11) is 3.58. The van der Waals surface area contributed by atoms with Crippen LogP contribution in [-0.4, -0.2) is 20.8 Å². The van der Waals surface area contributed by atoms with E-state index in [1.54, 1.807) is 7.11 Å². The second kappa shape index (κ2) is 5.19. The van der Waals surface area contributed by atoms with Gasteiger partial charge >= 0.3 is 0 Å². The van der Waals surface area contributed by atoms with Crippen molar-refractivity contribution in [1.82, 2.24) is 5.43 Å². The summed E-state index contributed by atoms with van der Waals surface area (Å²) in [5.41, 5.74) is 3.58. The Kier molecular flexibility index (Phi) is 4.19. The van der Waals surface area contributed by atoms with Gasteiger partial charge in [0.1, 0.15) is 5.75 Å². The summed E-state index contributed by atoms with van der Waals surface area (Å²) in [6.07, 6.45) is 0. The molecule has 0 radical (unpaired) electrons. The highest BCUT2D eigenvalue weighted by molar-refractivity contribution is 9.10. The summed E-state index contributed by atoms with van der Waals surface area (Å²) >= 11 is 3.41. The van der Waals surface area contributed by atoms with Crippen molar-refractivity contribution in [3.8, 4) is 5.75 Å². The van der Waals surface area contributed by atoms with Crippen molar-refractivity contribution < 1.29 is 4.74 Å². The minimum Gasteiger partial charge on any atom is -0.495 e. The number of hydrazine groups is 1. The fourth-order valence-corrected chi connectivity index (χ4v) is 1.53. The Morgan fingerprint density at radius 3 is 2.86 bits per heavy atom. The van der Waals surface area contributed by atoms with Crippen molar-refractivity contribution in [2.75, 3.05) is 25.7 Å². The Labute approximate surface area is 92.1 Å². The molecule has 0 saturated carbocycles. The van der Waals surface area contributed by atoms with Crippen LogP contribution in [-0.2, 0) is 0 Å². The summed E-state index contributed by atoms with van der Waals surface area (Å²) in [6.45, 7) is 0.562. The molecule has 4 nitrogen and oxygen atoms in total. The first-order valence-corrected chi connectivity index (χ1v) is 4.96. The number of methoxy groups -OCH3 is 1. The Morgan fingerprint density at radius 2 is 2.29 bits per heavy atom. The van der Waals surface area contributed by atoms with E-state index in [0.29, 0.717) is 6.67 Å². The van der Waals surface area contributed by atoms with Crippen molar-refractivity contribution in [2.45, 2.75) is 0 Å². The molecule has 78 valence electrons. The van der Waals surface area contributed by atoms with Crippen molar-refractivity contribution in [3.05, 3.63) is 22.7 Å². The molecule has 1 rings (SSSR count). The maximum atomic E-state index is 5.25. The molecule has 0 aromatic heterocycles. The number of ether oxygens (including phenoxy) is 1. The first kappa shape index (κ1) is 11.3. The van der Waals surface area contributed by atoms with Crippen LogP contribution >= 0.6 is 15.9 Å². The Hall–Kier alpha value is -0.780. The average Bonchev–Trinajstić information content (AvgIpc) is 2.18. The summed E-state index contributed by atoms with van der Waals surface area (Å²) < 4.78 is 6.25. The molecular weight excluding hydrogens is 246 g/mol. The molecule has 1 aromatic rings. The fraction of sp³-hybridized carbons (Fsp3) is 0.333. The lowest BCUT2D eigenvalue weighted by molar-refractivity contribution is 0.414. The number of rotatable bonds is 4. The van der Waals surface area contributed by atoms with Crippen LogP contribution in [0.2, 0.25) is 0 Å². The number of nitrogens with one attached hydrogen (secondary N) is 1. The van der Waals surface area contributed by atoms with Gasteiger partial charge in [0.05, 0.1) is 19.5 Å². The number of benzene rings is 1. The van der Waals surface area contributed by atoms with Gasteiger partial charge in [0.2, 0.25) is 0 Å². The number of nitrogens with two attached hydrogens (primary N) is 1. The third kappa shape index (κ3) is 2.60. The van der Waals surface area contributed by atoms with Crippen LogP contribution in [0.3, 0.4) is 0 Å². The molecule has 0 spiro atoms. The average molecular weight is 260 g/mol. The quantitative estimate of drug-likeness (QED) is 0.487. The standard InChI is InChI=1S/C9H14BrN3O/c1-13(6-12-11)8-5-7(10)3-4-9(8)14-2/h3-5,12H,6,11H2,1-2H3. The molecule has 5 heteroatoms. The molecule has 0 aliphatic heterocycles. The van der Waals surface area contributed by atoms with Crippen LogP contribution in [0.1, 0.15) is 0 Å². The second-order valence-electron chi connectivity index (χ2n) is 2.88. The lowest BCUT2D eigenvalue weighted by Crippen LogP contribution is -2.35. The molecule has 0 heterocycles. The van der Waals surface area contributed by atoms with Gasteiger partial charge in [0, 0.05) is 11.5 Å². The van der Waals surface area contributed by atoms with E-state index >= 15 is 0 Å². The second-order valence-corrected chi connectivity index (χ2v) is 3.79. The monoisotopic (exact) mass is 259 g/mol. The highest BCUT2D eigenvalue weighted by Gasteiger charge is 2.07. The normalized spacial score (nSPS) is 10.0. The molecule has 0 atom stereocenters. The van der Waals surface area contributed by atoms with E-state index in [0.717, 1.165) is 15.9 Å². The fourth-order valence-electron chi connectivity index (χ4n) is 1.18. The molecule has 14 heavy (non-hydrogen) atoms. The first-order chi connectivity index (χ1) is 6.69. The van der Waals surface area contributed by atoms with Crippen LogP contribution in [0.25, 0.3) is 0 Å². The minimum atomic E-state index is 0.562. The maximum Gasteiger partial charge on any atom is 0.142 e. The molecule has 0 aliphatic rings. The van der Waals surface area contributed by atoms with Crippen molar-refractivity contribution in [2.24, 2.45) is 5.84 Å². The Balaban J connectivity index is 2.97. The van der Waals surface area contributed by atoms with Crippen LogP contribution in [0.15, 0.2) is 22.7 Å². The van der Waals surface area contributed by atoms with Gasteiger partial charge in [0.25, 0.3) is 0 Å². The van der Waals surface area contributed by atoms with Crippen molar-refractivity contribution in [1.29, 1.82) is 0 Å². The molecule has 0 amide bonds. The summed E-state index contributed by atoms with van der Waals surface area (Å²) in [6, 6.07) is 5.83. The third-order valence-electron chi connectivity index (χ3n) is 1.88. The molecule has 1 aromatic carbocycles. The van der Waals surface area contributed by atoms with E-state index in [4.69, 9.17) is 10.6 Å². The van der Waals surface area contributed by atoms with E-state index < -0.39 is 0 Å². The third-order valence-corrected chi connectivity index (χ3v) is 2.37. The Bertz CT molecular complexity index is 306. The van der Waals surface area contributed by atoms with Gasteiger partial charge in [-0.3, -0.25) is 5.84 Å². The van der Waals surface area contributed by atoms with Gasteiger partial charge in [-0.1, -0.05) is 15.9 Å². The molecule has 0 saturated heterocycles. The highest BCUT2D eigenvalue weighted by Crippen LogP contribution is 2.30. The van der Waals surface area contributed by atoms with Gasteiger partial charge in [-0.05, 0) is 18.2 Å². The predicted molar refractivity (Wildman–Crippen MR) is 61.3 cm³/mol. The Morgan fingerprint density at radius 1 is 1.57 bits per heavy atom. The van der Waals surface area contributed by atoms with Gasteiger partial charge in [-0.2, -0.15) is 0 Å². The topological polar surface area (TPSA) is 50.5 Å². The SMILES string of the molecule is COc1ccc(Br)cc1N(C)CNN. The zero-order valence-electron chi connectivity index (χ0n) is 8.25. The van der Waals surface area contributed by atoms with Crippen LogP contribution in [0.5, 0.6) is 5.75 Å². The number of anilines is 1. The van der Waals surface area contributed by atoms with E-state index in [1.165, 1.54) is 0 Å². The number of halogens is 1. The van der Waals surface area contributed by atoms with E-state index in [9.17, 15) is 0 Å². The van der Waals surface area contributed by atoms with Crippen LogP contribution in [0.4, 0.5) is 5.69 Å². The van der Waals surface area contributed by atoms with Gasteiger partial charge in [-0.15, -0.1) is 0 Å². The van der Waals surface area contributed by atoms with Crippen LogP contribution < -0.4 is 20.9 Å². The van der Waals surface area contributed by atoms with Gasteiger partial charge in [0.15, 0.2) is 0 Å².